The fraction of sp³-hybridized carbons (Fsp3) is 0.0833. The SMILES string of the molecule is C=CCc1cc(CC=C)c(O)c(-n2nc3ccc(S(=O)(=O)c4ccccc4)cc3n2)c1. The summed E-state index contributed by atoms with van der Waals surface area (Å²) in [7, 11) is -3.67. The zero-order valence-corrected chi connectivity index (χ0v) is 17.6. The van der Waals surface area contributed by atoms with Crippen LogP contribution in [-0.4, -0.2) is 28.5 Å². The van der Waals surface area contributed by atoms with Crippen molar-refractivity contribution in [2.24, 2.45) is 0 Å². The monoisotopic (exact) mass is 431 g/mol. The number of benzene rings is 3. The first kappa shape index (κ1) is 20.6. The Morgan fingerprint density at radius 3 is 2.29 bits per heavy atom. The van der Waals surface area contributed by atoms with Crippen molar-refractivity contribution in [3.05, 3.63) is 97.1 Å². The Morgan fingerprint density at radius 2 is 1.58 bits per heavy atom. The van der Waals surface area contributed by atoms with Gasteiger partial charge in [0.1, 0.15) is 22.5 Å². The van der Waals surface area contributed by atoms with Crippen LogP contribution in [0.4, 0.5) is 0 Å². The van der Waals surface area contributed by atoms with E-state index in [-0.39, 0.29) is 15.5 Å². The fourth-order valence-electron chi connectivity index (χ4n) is 3.40. The molecule has 0 spiro atoms. The van der Waals surface area contributed by atoms with Gasteiger partial charge in [0.05, 0.1) is 9.79 Å². The van der Waals surface area contributed by atoms with Gasteiger partial charge in [-0.2, -0.15) is 0 Å². The number of phenols is 1. The van der Waals surface area contributed by atoms with Crippen LogP contribution >= 0.6 is 0 Å². The van der Waals surface area contributed by atoms with Crippen LogP contribution in [0.1, 0.15) is 11.1 Å². The minimum absolute atomic E-state index is 0.0603. The summed E-state index contributed by atoms with van der Waals surface area (Å²) in [5.41, 5.74) is 3.01. The number of hydrogen-bond acceptors (Lipinski definition) is 5. The molecule has 7 heteroatoms. The van der Waals surface area contributed by atoms with E-state index in [0.717, 1.165) is 5.56 Å². The Hall–Kier alpha value is -3.71. The summed E-state index contributed by atoms with van der Waals surface area (Å²) >= 11 is 0. The lowest BCUT2D eigenvalue weighted by Gasteiger charge is -2.10. The highest BCUT2D eigenvalue weighted by molar-refractivity contribution is 7.91. The third-order valence-corrected chi connectivity index (χ3v) is 6.67. The van der Waals surface area contributed by atoms with Gasteiger partial charge in [-0.15, -0.1) is 28.2 Å². The maximum atomic E-state index is 12.9. The first-order valence-electron chi connectivity index (χ1n) is 9.68. The molecule has 0 radical (unpaired) electrons. The van der Waals surface area contributed by atoms with Crippen LogP contribution in [-0.2, 0) is 22.7 Å². The number of allylic oxidation sites excluding steroid dienone is 2. The average molecular weight is 432 g/mol. The van der Waals surface area contributed by atoms with E-state index in [2.05, 4.69) is 23.4 Å². The minimum atomic E-state index is -3.67. The fourth-order valence-corrected chi connectivity index (χ4v) is 4.70. The highest BCUT2D eigenvalue weighted by atomic mass is 32.2. The lowest BCUT2D eigenvalue weighted by atomic mass is 10.0. The first-order chi connectivity index (χ1) is 14.9. The highest BCUT2D eigenvalue weighted by Gasteiger charge is 2.19. The predicted octanol–water partition coefficient (Wildman–Crippen LogP) is 4.42. The lowest BCUT2D eigenvalue weighted by Crippen LogP contribution is -2.02. The molecule has 6 nitrogen and oxygen atoms in total. The third-order valence-electron chi connectivity index (χ3n) is 4.90. The van der Waals surface area contributed by atoms with Gasteiger partial charge in [0.2, 0.25) is 9.84 Å². The Balaban J connectivity index is 1.82. The van der Waals surface area contributed by atoms with E-state index in [1.807, 2.05) is 6.07 Å². The van der Waals surface area contributed by atoms with Gasteiger partial charge in [0, 0.05) is 5.56 Å². The van der Waals surface area contributed by atoms with Crippen LogP contribution in [0.25, 0.3) is 16.7 Å². The topological polar surface area (TPSA) is 85.1 Å². The van der Waals surface area contributed by atoms with Gasteiger partial charge in [-0.3, -0.25) is 0 Å². The Morgan fingerprint density at radius 1 is 0.871 bits per heavy atom. The molecule has 0 fully saturated rings. The van der Waals surface area contributed by atoms with E-state index >= 15 is 0 Å². The molecule has 0 aliphatic heterocycles. The molecule has 1 heterocycles. The van der Waals surface area contributed by atoms with Crippen molar-refractivity contribution in [1.82, 2.24) is 15.0 Å². The smallest absolute Gasteiger partial charge is 0.206 e. The van der Waals surface area contributed by atoms with Gasteiger partial charge < -0.3 is 5.11 Å². The maximum Gasteiger partial charge on any atom is 0.206 e. The van der Waals surface area contributed by atoms with Crippen molar-refractivity contribution >= 4 is 20.9 Å². The van der Waals surface area contributed by atoms with Crippen molar-refractivity contribution in [2.45, 2.75) is 22.6 Å². The molecule has 4 aromatic rings. The van der Waals surface area contributed by atoms with Crippen LogP contribution in [0.3, 0.4) is 0 Å². The van der Waals surface area contributed by atoms with Crippen molar-refractivity contribution in [1.29, 1.82) is 0 Å². The number of aromatic nitrogens is 3. The first-order valence-corrected chi connectivity index (χ1v) is 11.2. The predicted molar refractivity (Wildman–Crippen MR) is 120 cm³/mol. The van der Waals surface area contributed by atoms with E-state index in [0.29, 0.717) is 35.1 Å². The van der Waals surface area contributed by atoms with Crippen LogP contribution < -0.4 is 0 Å². The number of phenolic OH excluding ortho intramolecular Hbond substituents is 1. The summed E-state index contributed by atoms with van der Waals surface area (Å²) in [5.74, 6) is 0.0603. The normalized spacial score (nSPS) is 11.5. The zero-order valence-electron chi connectivity index (χ0n) is 16.8. The average Bonchev–Trinajstić information content (AvgIpc) is 3.20. The van der Waals surface area contributed by atoms with Crippen LogP contribution in [0.15, 0.2) is 95.8 Å². The number of sulfone groups is 1. The van der Waals surface area contributed by atoms with E-state index in [1.54, 1.807) is 54.6 Å². The van der Waals surface area contributed by atoms with E-state index in [1.165, 1.54) is 16.9 Å². The molecule has 3 aromatic carbocycles. The molecule has 0 atom stereocenters. The van der Waals surface area contributed by atoms with Gasteiger partial charge in [0.15, 0.2) is 0 Å². The number of rotatable bonds is 7. The van der Waals surface area contributed by atoms with E-state index < -0.39 is 9.84 Å². The van der Waals surface area contributed by atoms with Crippen molar-refractivity contribution in [2.75, 3.05) is 0 Å². The molecule has 156 valence electrons. The summed E-state index contributed by atoms with van der Waals surface area (Å²) in [5, 5.41) is 19.6. The van der Waals surface area contributed by atoms with Gasteiger partial charge in [-0.1, -0.05) is 36.4 Å². The number of hydrogen-bond donors (Lipinski definition) is 1. The highest BCUT2D eigenvalue weighted by Crippen LogP contribution is 2.30. The summed E-state index contributed by atoms with van der Waals surface area (Å²) in [4.78, 5) is 1.68. The second-order valence-electron chi connectivity index (χ2n) is 7.06. The molecule has 0 bridgehead atoms. The van der Waals surface area contributed by atoms with E-state index in [4.69, 9.17) is 0 Å². The standard InChI is InChI=1S/C24H21N3O3S/c1-3-8-17-14-18(9-4-2)24(28)23(15-17)27-25-21-13-12-20(16-22(21)26-27)31(29,30)19-10-6-5-7-11-19/h3-7,10-16,28H,1-2,8-9H2. The van der Waals surface area contributed by atoms with Crippen molar-refractivity contribution in [3.8, 4) is 11.4 Å². The zero-order chi connectivity index (χ0) is 22.0. The second-order valence-corrected chi connectivity index (χ2v) is 9.01. The van der Waals surface area contributed by atoms with Gasteiger partial charge in [0.25, 0.3) is 0 Å². The molecule has 0 aliphatic rings. The molecule has 4 rings (SSSR count). The Bertz CT molecular complexity index is 1390. The molecule has 0 saturated heterocycles. The largest absolute Gasteiger partial charge is 0.505 e. The molecule has 1 N–H and O–H groups in total. The lowest BCUT2D eigenvalue weighted by molar-refractivity contribution is 0.462. The van der Waals surface area contributed by atoms with E-state index in [9.17, 15) is 13.5 Å². The van der Waals surface area contributed by atoms with Gasteiger partial charge in [-0.05, 0) is 54.8 Å². The summed E-state index contributed by atoms with van der Waals surface area (Å²) < 4.78 is 25.9. The minimum Gasteiger partial charge on any atom is -0.505 e. The Labute approximate surface area is 180 Å². The number of aromatic hydroxyl groups is 1. The van der Waals surface area contributed by atoms with Gasteiger partial charge in [-0.25, -0.2) is 8.42 Å². The molecular formula is C24H21N3O3S. The molecule has 31 heavy (non-hydrogen) atoms. The summed E-state index contributed by atoms with van der Waals surface area (Å²) in [6.07, 6.45) is 4.60. The number of nitrogens with zero attached hydrogens (tertiary/aromatic N) is 3. The van der Waals surface area contributed by atoms with Crippen molar-refractivity contribution < 1.29 is 13.5 Å². The molecule has 0 unspecified atom stereocenters. The third kappa shape index (κ3) is 3.87. The second kappa shape index (κ2) is 8.20. The quantitative estimate of drug-likeness (QED) is 0.438. The molecular weight excluding hydrogens is 410 g/mol. The summed E-state index contributed by atoms with van der Waals surface area (Å²) in [6, 6.07) is 16.6. The van der Waals surface area contributed by atoms with Crippen LogP contribution in [0.5, 0.6) is 5.75 Å². The molecule has 0 saturated carbocycles. The summed E-state index contributed by atoms with van der Waals surface area (Å²) in [6.45, 7) is 7.51. The van der Waals surface area contributed by atoms with Gasteiger partial charge >= 0.3 is 0 Å². The van der Waals surface area contributed by atoms with Crippen LogP contribution in [0.2, 0.25) is 0 Å². The molecule has 1 aromatic heterocycles. The van der Waals surface area contributed by atoms with Crippen molar-refractivity contribution in [3.63, 3.8) is 0 Å². The number of fused-ring (bicyclic) bond motifs is 1. The Kier molecular flexibility index (Phi) is 5.44. The molecule has 0 aliphatic carbocycles. The maximum absolute atomic E-state index is 12.9. The van der Waals surface area contributed by atoms with Crippen LogP contribution in [0, 0.1) is 0 Å². The molecule has 0 amide bonds.